The van der Waals surface area contributed by atoms with E-state index in [4.69, 9.17) is 0 Å². The minimum Gasteiger partial charge on any atom is -0.856 e. The van der Waals surface area contributed by atoms with E-state index in [0.717, 1.165) is 17.1 Å². The first kappa shape index (κ1) is 16.3. The second-order valence-corrected chi connectivity index (χ2v) is 5.39. The predicted molar refractivity (Wildman–Crippen MR) is 88.3 cm³/mol. The van der Waals surface area contributed by atoms with Crippen LogP contribution >= 0.6 is 0 Å². The molecular formula is C17H15N5O3. The summed E-state index contributed by atoms with van der Waals surface area (Å²) in [7, 11) is 0. The summed E-state index contributed by atoms with van der Waals surface area (Å²) >= 11 is 0. The van der Waals surface area contributed by atoms with Crippen molar-refractivity contribution in [1.29, 1.82) is 0 Å². The standard InChI is InChI=1S/C17H15N5O3/c1-12-13(2)20(21(18-12)15-6-4-3-5-7-15)19-17(23)14-8-10-16(11-9-14)22(24)25/h3-11H,1-2H3. The molecule has 2 aromatic carbocycles. The van der Waals surface area contributed by atoms with E-state index < -0.39 is 10.8 Å². The summed E-state index contributed by atoms with van der Waals surface area (Å²) in [6.07, 6.45) is 0. The van der Waals surface area contributed by atoms with Crippen LogP contribution in [0.25, 0.3) is 5.69 Å². The average Bonchev–Trinajstić information content (AvgIpc) is 2.91. The van der Waals surface area contributed by atoms with Gasteiger partial charge in [-0.25, -0.2) is 0 Å². The molecule has 0 saturated carbocycles. The number of non-ortho nitro benzene ring substituents is 1. The molecule has 1 aromatic heterocycles. The largest absolute Gasteiger partial charge is 0.856 e. The monoisotopic (exact) mass is 337 g/mol. The Morgan fingerprint density at radius 3 is 2.36 bits per heavy atom. The molecule has 0 saturated heterocycles. The highest BCUT2D eigenvalue weighted by Gasteiger charge is 2.21. The average molecular weight is 337 g/mol. The zero-order chi connectivity index (χ0) is 18.0. The zero-order valence-corrected chi connectivity index (χ0v) is 13.7. The lowest BCUT2D eigenvalue weighted by Gasteiger charge is -2.08. The number of aryl methyl sites for hydroxylation is 1. The molecule has 126 valence electrons. The van der Waals surface area contributed by atoms with Gasteiger partial charge in [-0.1, -0.05) is 23.3 Å². The molecule has 0 atom stereocenters. The van der Waals surface area contributed by atoms with Gasteiger partial charge in [0.1, 0.15) is 5.69 Å². The third-order valence-electron chi connectivity index (χ3n) is 3.75. The first-order valence-corrected chi connectivity index (χ1v) is 7.52. The van der Waals surface area contributed by atoms with Crippen LogP contribution in [0.1, 0.15) is 17.0 Å². The van der Waals surface area contributed by atoms with E-state index in [1.807, 2.05) is 44.2 Å². The number of hydrogen-bond acceptors (Lipinski definition) is 5. The van der Waals surface area contributed by atoms with Crippen LogP contribution < -0.4 is 9.90 Å². The summed E-state index contributed by atoms with van der Waals surface area (Å²) in [5.41, 5.74) is 2.41. The number of benzene rings is 2. The smallest absolute Gasteiger partial charge is 0.269 e. The Labute approximate surface area is 143 Å². The van der Waals surface area contributed by atoms with Crippen LogP contribution in [-0.4, -0.2) is 20.7 Å². The molecule has 0 amide bonds. The number of rotatable bonds is 4. The van der Waals surface area contributed by atoms with E-state index in [1.165, 1.54) is 33.9 Å². The minimum absolute atomic E-state index is 0.0782. The quantitative estimate of drug-likeness (QED) is 0.235. The van der Waals surface area contributed by atoms with E-state index in [9.17, 15) is 15.2 Å². The number of nitrogens with zero attached hydrogens (tertiary/aromatic N) is 5. The maximum atomic E-state index is 12.4. The van der Waals surface area contributed by atoms with Gasteiger partial charge < -0.3 is 5.11 Å². The summed E-state index contributed by atoms with van der Waals surface area (Å²) in [5, 5.41) is 31.7. The molecule has 8 heteroatoms. The second kappa shape index (κ2) is 6.52. The fourth-order valence-electron chi connectivity index (χ4n) is 2.26. The first-order valence-electron chi connectivity index (χ1n) is 7.52. The normalized spacial score (nSPS) is 11.5. The summed E-state index contributed by atoms with van der Waals surface area (Å²) in [6, 6.07) is 14.7. The second-order valence-electron chi connectivity index (χ2n) is 5.39. The molecule has 0 spiro atoms. The van der Waals surface area contributed by atoms with E-state index >= 15 is 0 Å². The van der Waals surface area contributed by atoms with Crippen molar-refractivity contribution in [2.45, 2.75) is 13.8 Å². The zero-order valence-electron chi connectivity index (χ0n) is 13.7. The molecule has 0 aliphatic rings. The Morgan fingerprint density at radius 1 is 1.12 bits per heavy atom. The highest BCUT2D eigenvalue weighted by atomic mass is 16.6. The van der Waals surface area contributed by atoms with Crippen LogP contribution in [0.15, 0.2) is 59.7 Å². The Kier molecular flexibility index (Phi) is 4.25. The number of para-hydroxylation sites is 1. The van der Waals surface area contributed by atoms with Gasteiger partial charge in [-0.05, 0) is 34.6 Å². The molecule has 1 heterocycles. The van der Waals surface area contributed by atoms with Crippen LogP contribution in [0, 0.1) is 24.0 Å². The lowest BCUT2D eigenvalue weighted by Crippen LogP contribution is -2.43. The van der Waals surface area contributed by atoms with Gasteiger partial charge in [0.15, 0.2) is 0 Å². The summed E-state index contributed by atoms with van der Waals surface area (Å²) in [4.78, 5) is 13.1. The molecule has 3 rings (SSSR count). The Balaban J connectivity index is 2.04. The van der Waals surface area contributed by atoms with Crippen molar-refractivity contribution in [1.82, 2.24) is 9.90 Å². The highest BCUT2D eigenvalue weighted by Crippen LogP contribution is 2.12. The van der Waals surface area contributed by atoms with Crippen LogP contribution in [0.2, 0.25) is 0 Å². The van der Waals surface area contributed by atoms with E-state index in [0.29, 0.717) is 0 Å². The maximum absolute atomic E-state index is 12.4. The number of nitro benzene ring substituents is 1. The third-order valence-corrected chi connectivity index (χ3v) is 3.75. The van der Waals surface area contributed by atoms with Gasteiger partial charge in [0.2, 0.25) is 11.4 Å². The molecule has 0 unspecified atom stereocenters. The fraction of sp³-hybridized carbons (Fsp3) is 0.118. The number of aromatic nitrogens is 3. The minimum atomic E-state index is -0.516. The number of nitro groups is 1. The van der Waals surface area contributed by atoms with Crippen LogP contribution in [-0.2, 0) is 0 Å². The molecule has 8 nitrogen and oxygen atoms in total. The Bertz CT molecular complexity index is 946. The molecule has 0 aliphatic heterocycles. The van der Waals surface area contributed by atoms with Gasteiger partial charge in [-0.2, -0.15) is 0 Å². The van der Waals surface area contributed by atoms with Crippen LogP contribution in [0.4, 0.5) is 5.69 Å². The van der Waals surface area contributed by atoms with Crippen molar-refractivity contribution in [3.63, 3.8) is 0 Å². The number of hydrogen-bond donors (Lipinski definition) is 0. The van der Waals surface area contributed by atoms with Gasteiger partial charge >= 0.3 is 0 Å². The van der Waals surface area contributed by atoms with E-state index in [-0.39, 0.29) is 11.3 Å². The molecule has 3 aromatic rings. The summed E-state index contributed by atoms with van der Waals surface area (Å²) in [5.74, 6) is -0.514. The van der Waals surface area contributed by atoms with Crippen molar-refractivity contribution < 1.29 is 14.8 Å². The van der Waals surface area contributed by atoms with Crippen LogP contribution in [0.5, 0.6) is 0 Å². The van der Waals surface area contributed by atoms with Gasteiger partial charge in [0.25, 0.3) is 5.69 Å². The van der Waals surface area contributed by atoms with E-state index in [1.54, 1.807) is 0 Å². The van der Waals surface area contributed by atoms with E-state index in [2.05, 4.69) is 10.2 Å². The third kappa shape index (κ3) is 3.23. The van der Waals surface area contributed by atoms with Gasteiger partial charge in [0, 0.05) is 36.7 Å². The van der Waals surface area contributed by atoms with Gasteiger partial charge in [-0.15, -0.1) is 0 Å². The van der Waals surface area contributed by atoms with Gasteiger partial charge in [-0.3, -0.25) is 10.1 Å². The molecular weight excluding hydrogens is 322 g/mol. The predicted octanol–water partition coefficient (Wildman–Crippen LogP) is 1.26. The molecule has 0 radical (unpaired) electrons. The fourth-order valence-corrected chi connectivity index (χ4v) is 2.26. The molecule has 25 heavy (non-hydrogen) atoms. The lowest BCUT2D eigenvalue weighted by atomic mass is 10.2. The first-order chi connectivity index (χ1) is 12.0. The summed E-state index contributed by atoms with van der Waals surface area (Å²) < 4.78 is 0. The SMILES string of the molecule is Cc1nn(-c2ccccc2)[n+](/N=C(\[O-])c2ccc([N+](=O)[O-])cc2)c1C. The molecule has 0 bridgehead atoms. The maximum Gasteiger partial charge on any atom is 0.269 e. The highest BCUT2D eigenvalue weighted by molar-refractivity contribution is 5.90. The summed E-state index contributed by atoms with van der Waals surface area (Å²) in [6.45, 7) is 3.64. The Hall–Kier alpha value is -3.55. The van der Waals surface area contributed by atoms with Crippen molar-refractivity contribution in [3.05, 3.63) is 81.7 Å². The van der Waals surface area contributed by atoms with Crippen molar-refractivity contribution in [2.24, 2.45) is 5.10 Å². The molecule has 0 aliphatic carbocycles. The van der Waals surface area contributed by atoms with Crippen molar-refractivity contribution in [3.8, 4) is 5.69 Å². The van der Waals surface area contributed by atoms with Crippen molar-refractivity contribution >= 4 is 11.6 Å². The topological polar surface area (TPSA) is 100 Å². The van der Waals surface area contributed by atoms with Gasteiger partial charge in [0.05, 0.1) is 10.0 Å². The molecule has 0 N–H and O–H groups in total. The Morgan fingerprint density at radius 2 is 1.76 bits per heavy atom. The van der Waals surface area contributed by atoms with Crippen molar-refractivity contribution in [2.75, 3.05) is 0 Å². The lowest BCUT2D eigenvalue weighted by molar-refractivity contribution is -0.762. The van der Waals surface area contributed by atoms with Crippen LogP contribution in [0.3, 0.4) is 0 Å². The molecule has 0 fully saturated rings.